The number of nitrogens with zero attached hydrogens (tertiary/aromatic N) is 1. The monoisotopic (exact) mass is 207 g/mol. The molecule has 1 heterocycles. The first-order valence-electron chi connectivity index (χ1n) is 5.95. The van der Waals surface area contributed by atoms with Crippen LogP contribution in [-0.2, 0) is 19.4 Å². The molecule has 1 aromatic rings. The summed E-state index contributed by atoms with van der Waals surface area (Å²) >= 11 is 0. The molecule has 1 atom stereocenters. The van der Waals surface area contributed by atoms with Crippen LogP contribution in [0.3, 0.4) is 0 Å². The van der Waals surface area contributed by atoms with Crippen LogP contribution in [0.15, 0.2) is 0 Å². The predicted molar refractivity (Wildman–Crippen MR) is 61.8 cm³/mol. The van der Waals surface area contributed by atoms with Gasteiger partial charge in [0.2, 0.25) is 0 Å². The molecule has 0 aliphatic heterocycles. The highest BCUT2D eigenvalue weighted by molar-refractivity contribution is 5.18. The van der Waals surface area contributed by atoms with E-state index >= 15 is 0 Å². The molecule has 0 bridgehead atoms. The fourth-order valence-electron chi connectivity index (χ4n) is 2.10. The normalized spacial score (nSPS) is 20.7. The minimum atomic E-state index is 0.519. The van der Waals surface area contributed by atoms with Crippen molar-refractivity contribution in [2.75, 3.05) is 0 Å². The lowest BCUT2D eigenvalue weighted by Crippen LogP contribution is -2.22. The number of H-pyrrole nitrogens is 1. The van der Waals surface area contributed by atoms with E-state index in [0.29, 0.717) is 6.04 Å². The van der Waals surface area contributed by atoms with E-state index in [1.807, 2.05) is 0 Å². The van der Waals surface area contributed by atoms with Crippen LogP contribution in [0.4, 0.5) is 0 Å². The minimum absolute atomic E-state index is 0.519. The van der Waals surface area contributed by atoms with Crippen molar-refractivity contribution < 1.29 is 0 Å². The average molecular weight is 207 g/mol. The van der Waals surface area contributed by atoms with Gasteiger partial charge in [0.05, 0.1) is 12.2 Å². The van der Waals surface area contributed by atoms with Crippen molar-refractivity contribution in [1.82, 2.24) is 15.3 Å². The molecular formula is C12H21N3. The van der Waals surface area contributed by atoms with Crippen LogP contribution in [0.5, 0.6) is 0 Å². The van der Waals surface area contributed by atoms with Gasteiger partial charge in [0, 0.05) is 11.7 Å². The van der Waals surface area contributed by atoms with Crippen molar-refractivity contribution in [2.24, 2.45) is 5.92 Å². The van der Waals surface area contributed by atoms with Gasteiger partial charge in [-0.05, 0) is 25.2 Å². The number of imidazole rings is 1. The Kier molecular flexibility index (Phi) is 3.10. The largest absolute Gasteiger partial charge is 0.345 e. The van der Waals surface area contributed by atoms with Crippen LogP contribution in [0.1, 0.15) is 44.4 Å². The van der Waals surface area contributed by atoms with Crippen LogP contribution in [0, 0.1) is 5.92 Å². The van der Waals surface area contributed by atoms with Crippen LogP contribution >= 0.6 is 0 Å². The summed E-state index contributed by atoms with van der Waals surface area (Å²) in [6.07, 6.45) is 3.60. The molecule has 3 heteroatoms. The number of fused-ring (bicyclic) bond motifs is 1. The number of nitrogens with one attached hydrogen (secondary N) is 2. The van der Waals surface area contributed by atoms with Crippen LogP contribution < -0.4 is 5.32 Å². The van der Waals surface area contributed by atoms with Gasteiger partial charge in [0.25, 0.3) is 0 Å². The highest BCUT2D eigenvalue weighted by Crippen LogP contribution is 2.23. The molecule has 3 nitrogen and oxygen atoms in total. The summed E-state index contributed by atoms with van der Waals surface area (Å²) in [5.41, 5.74) is 2.67. The van der Waals surface area contributed by atoms with Crippen molar-refractivity contribution in [1.29, 1.82) is 0 Å². The Morgan fingerprint density at radius 1 is 1.53 bits per heavy atom. The zero-order chi connectivity index (χ0) is 10.8. The van der Waals surface area contributed by atoms with E-state index < -0.39 is 0 Å². The smallest absolute Gasteiger partial charge is 0.120 e. The summed E-state index contributed by atoms with van der Waals surface area (Å²) in [5.74, 6) is 1.91. The van der Waals surface area contributed by atoms with E-state index in [0.717, 1.165) is 24.7 Å². The van der Waals surface area contributed by atoms with Gasteiger partial charge in [0.15, 0.2) is 0 Å². The fraction of sp³-hybridized carbons (Fsp3) is 0.750. The highest BCUT2D eigenvalue weighted by Gasteiger charge is 2.18. The molecular weight excluding hydrogens is 186 g/mol. The maximum Gasteiger partial charge on any atom is 0.120 e. The lowest BCUT2D eigenvalue weighted by atomic mass is 9.92. The molecule has 15 heavy (non-hydrogen) atoms. The number of aromatic amines is 1. The zero-order valence-corrected chi connectivity index (χ0v) is 9.93. The molecule has 0 saturated carbocycles. The van der Waals surface area contributed by atoms with Gasteiger partial charge in [-0.15, -0.1) is 0 Å². The van der Waals surface area contributed by atoms with Gasteiger partial charge in [-0.25, -0.2) is 4.98 Å². The lowest BCUT2D eigenvalue weighted by molar-refractivity contribution is 0.491. The molecule has 1 aliphatic rings. The Morgan fingerprint density at radius 3 is 3.07 bits per heavy atom. The molecule has 1 unspecified atom stereocenters. The standard InChI is InChI=1S/C12H21N3/c1-8(2)13-7-12-14-10-5-4-9(3)6-11(10)15-12/h8-9,13H,4-7H2,1-3H3,(H,14,15). The number of rotatable bonds is 3. The first-order valence-corrected chi connectivity index (χ1v) is 5.95. The molecule has 1 aromatic heterocycles. The average Bonchev–Trinajstić information content (AvgIpc) is 2.56. The third-order valence-corrected chi connectivity index (χ3v) is 3.02. The van der Waals surface area contributed by atoms with Crippen LogP contribution in [0.25, 0.3) is 0 Å². The first kappa shape index (κ1) is 10.7. The van der Waals surface area contributed by atoms with E-state index in [1.54, 1.807) is 0 Å². The Bertz CT molecular complexity index is 328. The highest BCUT2D eigenvalue weighted by atomic mass is 15.0. The van der Waals surface area contributed by atoms with Crippen molar-refractivity contribution >= 4 is 0 Å². The number of hydrogen-bond acceptors (Lipinski definition) is 2. The molecule has 0 spiro atoms. The van der Waals surface area contributed by atoms with Crippen LogP contribution in [-0.4, -0.2) is 16.0 Å². The fourth-order valence-corrected chi connectivity index (χ4v) is 2.10. The molecule has 0 aromatic carbocycles. The van der Waals surface area contributed by atoms with Crippen molar-refractivity contribution in [3.05, 3.63) is 17.2 Å². The van der Waals surface area contributed by atoms with E-state index in [4.69, 9.17) is 0 Å². The van der Waals surface area contributed by atoms with Gasteiger partial charge < -0.3 is 10.3 Å². The van der Waals surface area contributed by atoms with Gasteiger partial charge >= 0.3 is 0 Å². The number of hydrogen-bond donors (Lipinski definition) is 2. The minimum Gasteiger partial charge on any atom is -0.345 e. The second-order valence-corrected chi connectivity index (χ2v) is 4.99. The maximum atomic E-state index is 4.64. The van der Waals surface area contributed by atoms with E-state index in [1.165, 1.54) is 24.2 Å². The van der Waals surface area contributed by atoms with E-state index in [9.17, 15) is 0 Å². The van der Waals surface area contributed by atoms with Crippen molar-refractivity contribution in [3.8, 4) is 0 Å². The van der Waals surface area contributed by atoms with E-state index in [-0.39, 0.29) is 0 Å². The maximum absolute atomic E-state index is 4.64. The summed E-state index contributed by atoms with van der Waals surface area (Å²) in [5, 5.41) is 3.39. The quantitative estimate of drug-likeness (QED) is 0.796. The Balaban J connectivity index is 2.03. The van der Waals surface area contributed by atoms with Crippen molar-refractivity contribution in [3.63, 3.8) is 0 Å². The Morgan fingerprint density at radius 2 is 2.33 bits per heavy atom. The van der Waals surface area contributed by atoms with Crippen molar-refractivity contribution in [2.45, 2.75) is 52.6 Å². The summed E-state index contributed by atoms with van der Waals surface area (Å²) in [6.45, 7) is 7.49. The molecule has 2 rings (SSSR count). The summed E-state index contributed by atoms with van der Waals surface area (Å²) in [7, 11) is 0. The Labute approximate surface area is 91.7 Å². The number of aryl methyl sites for hydroxylation is 1. The molecule has 1 aliphatic carbocycles. The van der Waals surface area contributed by atoms with Crippen LogP contribution in [0.2, 0.25) is 0 Å². The SMILES string of the molecule is CC1CCc2nc(CNC(C)C)[nH]c2C1. The molecule has 0 radical (unpaired) electrons. The first-order chi connectivity index (χ1) is 7.15. The third kappa shape index (κ3) is 2.59. The van der Waals surface area contributed by atoms with Gasteiger partial charge in [-0.1, -0.05) is 20.8 Å². The summed E-state index contributed by atoms with van der Waals surface area (Å²) < 4.78 is 0. The topological polar surface area (TPSA) is 40.7 Å². The second kappa shape index (κ2) is 4.35. The molecule has 0 saturated heterocycles. The molecule has 84 valence electrons. The van der Waals surface area contributed by atoms with Gasteiger partial charge in [-0.3, -0.25) is 0 Å². The summed E-state index contributed by atoms with van der Waals surface area (Å²) in [4.78, 5) is 8.08. The summed E-state index contributed by atoms with van der Waals surface area (Å²) in [6, 6.07) is 0.519. The lowest BCUT2D eigenvalue weighted by Gasteiger charge is -2.15. The molecule has 2 N–H and O–H groups in total. The zero-order valence-electron chi connectivity index (χ0n) is 9.93. The Hall–Kier alpha value is -0.830. The second-order valence-electron chi connectivity index (χ2n) is 4.99. The number of aromatic nitrogens is 2. The molecule has 0 fully saturated rings. The van der Waals surface area contributed by atoms with Gasteiger partial charge in [0.1, 0.15) is 5.82 Å². The van der Waals surface area contributed by atoms with Gasteiger partial charge in [-0.2, -0.15) is 0 Å². The predicted octanol–water partition coefficient (Wildman–Crippen LogP) is 2.03. The third-order valence-electron chi connectivity index (χ3n) is 3.02. The molecule has 0 amide bonds. The van der Waals surface area contributed by atoms with E-state index in [2.05, 4.69) is 36.1 Å².